The number of hydrogen-bond acceptors (Lipinski definition) is 7. The van der Waals surface area contributed by atoms with Crippen molar-refractivity contribution in [1.29, 1.82) is 0 Å². The van der Waals surface area contributed by atoms with Crippen LogP contribution in [0, 0.1) is 39.9 Å². The molecule has 0 bridgehead atoms. The first-order valence-electron chi connectivity index (χ1n) is 0. The van der Waals surface area contributed by atoms with Crippen LogP contribution < -0.4 is 0 Å². The molecule has 0 aromatic rings. The molecule has 9 heteroatoms. The largest absolute Gasteiger partial charge is 4.00 e. The number of rotatable bonds is 0. The summed E-state index contributed by atoms with van der Waals surface area (Å²) in [6.45, 7) is 0. The summed E-state index contributed by atoms with van der Waals surface area (Å²) in [5.74, 6) is 0. The van der Waals surface area contributed by atoms with Crippen molar-refractivity contribution < 1.29 is 101 Å². The van der Waals surface area contributed by atoms with Crippen molar-refractivity contribution in [2.24, 2.45) is 0 Å². The van der Waals surface area contributed by atoms with Gasteiger partial charge in [-0.05, 0) is 0 Å². The molecule has 0 aromatic heterocycles. The summed E-state index contributed by atoms with van der Waals surface area (Å²) in [5, 5.41) is 0. The summed E-state index contributed by atoms with van der Waals surface area (Å²) in [4.78, 5) is 0. The van der Waals surface area contributed by atoms with E-state index in [4.69, 9.17) is 0 Å². The average molecular weight is 548 g/mol. The normalized spacial score (nSPS) is 0. The second kappa shape index (κ2) is 237. The Kier molecular flexibility index (Phi) is 8540. The molecule has 9 heavy (non-hydrogen) atoms. The van der Waals surface area contributed by atoms with Crippen molar-refractivity contribution in [2.75, 3.05) is 0 Å². The predicted octanol–water partition coefficient (Wildman–Crippen LogP) is -1.24. The molecule has 0 aliphatic heterocycles. The molecule has 7 nitrogen and oxygen atoms in total. The maximum atomic E-state index is 0. The van der Waals surface area contributed by atoms with Crippen LogP contribution in [-0.2, 0) is 22.4 Å². The first-order valence-corrected chi connectivity index (χ1v) is 0. The Morgan fingerprint density at radius 1 is 0.333 bits per heavy atom. The molecule has 0 rings (SSSR count). The van der Waals surface area contributed by atoms with E-state index in [1.807, 2.05) is 0 Å². The second-order valence-corrected chi connectivity index (χ2v) is 0. The number of hydrogen-bond donors (Lipinski definition) is 0. The van der Waals surface area contributed by atoms with Gasteiger partial charge in [0.05, 0.1) is 0 Å². The van der Waals surface area contributed by atoms with E-state index in [9.17, 15) is 0 Å². The summed E-state index contributed by atoms with van der Waals surface area (Å²) in [6.07, 6.45) is 0. The quantitative estimate of drug-likeness (QED) is 0.336. The van der Waals surface area contributed by atoms with Crippen LogP contribution >= 0.6 is 0 Å². The zero-order valence-corrected chi connectivity index (χ0v) is 10.2. The molecule has 0 spiro atoms. The third-order valence-electron chi connectivity index (χ3n) is 0. The molecule has 0 aromatic carbocycles. The summed E-state index contributed by atoms with van der Waals surface area (Å²) in [5.41, 5.74) is 0. The van der Waals surface area contributed by atoms with Crippen LogP contribution in [0.2, 0.25) is 0 Å². The fourth-order valence-corrected chi connectivity index (χ4v) is 0. The minimum atomic E-state index is 0. The van der Waals surface area contributed by atoms with E-state index in [1.54, 1.807) is 0 Å². The van der Waals surface area contributed by atoms with E-state index < -0.39 is 0 Å². The van der Waals surface area contributed by atoms with Gasteiger partial charge in [0, 0.05) is 0 Å². The fourth-order valence-electron chi connectivity index (χ4n) is 0. The van der Waals surface area contributed by atoms with E-state index >= 15 is 0 Å². The van der Waals surface area contributed by atoms with Crippen LogP contribution in [-0.4, -0.2) is 38.3 Å². The Morgan fingerprint density at radius 3 is 0.333 bits per heavy atom. The van der Waals surface area contributed by atoms with Crippen LogP contribution in [0.4, 0.5) is 0 Å². The van der Waals surface area contributed by atoms with Crippen molar-refractivity contribution in [3.05, 3.63) is 0 Å². The Bertz CT molecular complexity index is 8.88. The van der Waals surface area contributed by atoms with Crippen LogP contribution in [0.15, 0.2) is 0 Å². The van der Waals surface area contributed by atoms with Gasteiger partial charge in [0.15, 0.2) is 0 Å². The molecule has 0 atom stereocenters. The van der Waals surface area contributed by atoms with Gasteiger partial charge in [-0.2, -0.15) is 0 Å². The fraction of sp³-hybridized carbons (Fsp3) is 0. The second-order valence-electron chi connectivity index (χ2n) is 0. The van der Waals surface area contributed by atoms with Crippen LogP contribution in [0.1, 0.15) is 0 Å². The molecule has 7 N–H and O–H groups in total. The zero-order valence-electron chi connectivity index (χ0n) is 3.93. The molecule has 0 saturated carbocycles. The SMILES string of the molecule is [Au+3].[OH-].[OH-].[OH-].[OH-].[OH-].[OH-].[OH-].[Th+4]. The smallest absolute Gasteiger partial charge is 0.870 e. The first kappa shape index (κ1) is 324. The zero-order chi connectivity index (χ0) is 0. The van der Waals surface area contributed by atoms with Crippen molar-refractivity contribution >= 4 is 0 Å². The van der Waals surface area contributed by atoms with E-state index in [0.717, 1.165) is 0 Å². The van der Waals surface area contributed by atoms with Gasteiger partial charge in [-0.1, -0.05) is 0 Å². The van der Waals surface area contributed by atoms with Crippen LogP contribution in [0.3, 0.4) is 0 Å². The van der Waals surface area contributed by atoms with Crippen molar-refractivity contribution in [2.45, 2.75) is 0 Å². The van der Waals surface area contributed by atoms with E-state index in [2.05, 4.69) is 0 Å². The molecular formula is H7AuO7Th. The molecule has 0 unspecified atom stereocenters. The van der Waals surface area contributed by atoms with E-state index in [-0.39, 0.29) is 101 Å². The first-order chi connectivity index (χ1) is 0. The molecule has 0 heterocycles. The van der Waals surface area contributed by atoms with Gasteiger partial charge in [-0.25, -0.2) is 0 Å². The third kappa shape index (κ3) is 186. The Morgan fingerprint density at radius 2 is 0.333 bits per heavy atom. The molecule has 0 fully saturated rings. The van der Waals surface area contributed by atoms with Gasteiger partial charge < -0.3 is 38.3 Å². The molecule has 0 aliphatic rings. The van der Waals surface area contributed by atoms with E-state index in [0.29, 0.717) is 0 Å². The Hall–Kier alpha value is 1.78. The molecule has 64 valence electrons. The van der Waals surface area contributed by atoms with Gasteiger partial charge >= 0.3 is 62.3 Å². The minimum Gasteiger partial charge on any atom is -0.870 e. The molecule has 0 radical (unpaired) electrons. The molecule has 0 saturated heterocycles. The average Bonchev–Trinajstić information content (AvgIpc) is 0. The van der Waals surface area contributed by atoms with Gasteiger partial charge in [0.2, 0.25) is 0 Å². The Labute approximate surface area is 99.6 Å². The minimum absolute atomic E-state index is 0. The van der Waals surface area contributed by atoms with E-state index in [1.165, 1.54) is 0 Å². The summed E-state index contributed by atoms with van der Waals surface area (Å²) in [7, 11) is 0. The maximum Gasteiger partial charge on any atom is 4.00 e. The monoisotopic (exact) mass is 548 g/mol. The van der Waals surface area contributed by atoms with Crippen molar-refractivity contribution in [1.82, 2.24) is 0 Å². The van der Waals surface area contributed by atoms with Crippen molar-refractivity contribution in [3.63, 3.8) is 0 Å². The van der Waals surface area contributed by atoms with Crippen molar-refractivity contribution in [3.8, 4) is 0 Å². The standard InChI is InChI=1S/Au.7H2O.Th/h;7*1H2;/q+3;;;;;;;;+4/p-7. The van der Waals surface area contributed by atoms with Gasteiger partial charge in [-0.15, -0.1) is 0 Å². The van der Waals surface area contributed by atoms with Gasteiger partial charge in [0.1, 0.15) is 0 Å². The summed E-state index contributed by atoms with van der Waals surface area (Å²) >= 11 is 0. The molecular weight excluding hydrogens is 541 g/mol. The third-order valence-corrected chi connectivity index (χ3v) is 0. The van der Waals surface area contributed by atoms with Crippen LogP contribution in [0.25, 0.3) is 0 Å². The predicted molar refractivity (Wildman–Crippen MR) is 13.6 cm³/mol. The van der Waals surface area contributed by atoms with Gasteiger partial charge in [0.25, 0.3) is 0 Å². The topological polar surface area (TPSA) is 210 Å². The Balaban J connectivity index is 0. The summed E-state index contributed by atoms with van der Waals surface area (Å²) in [6, 6.07) is 0. The van der Waals surface area contributed by atoms with Crippen LogP contribution in [0.5, 0.6) is 0 Å². The molecule has 0 aliphatic carbocycles. The van der Waals surface area contributed by atoms with Gasteiger partial charge in [-0.3, -0.25) is 0 Å². The maximum absolute atomic E-state index is 0. The molecule has 0 amide bonds. The summed E-state index contributed by atoms with van der Waals surface area (Å²) < 4.78 is 0.